The quantitative estimate of drug-likeness (QED) is 0.845. The number of rotatable bonds is 6. The van der Waals surface area contributed by atoms with Gasteiger partial charge in [0.25, 0.3) is 5.91 Å². The van der Waals surface area contributed by atoms with Gasteiger partial charge in [0.05, 0.1) is 5.41 Å². The SMILES string of the molecule is CC(Oc1ccc(Cl)cc1)C(=O)NCC(C)(C)C(=O)O. The highest BCUT2D eigenvalue weighted by Crippen LogP contribution is 2.17. The summed E-state index contributed by atoms with van der Waals surface area (Å²) in [4.78, 5) is 22.8. The molecule has 1 atom stereocenters. The first-order chi connectivity index (χ1) is 9.22. The van der Waals surface area contributed by atoms with Crippen LogP contribution >= 0.6 is 11.6 Å². The van der Waals surface area contributed by atoms with E-state index in [4.69, 9.17) is 21.4 Å². The summed E-state index contributed by atoms with van der Waals surface area (Å²) in [5.74, 6) is -0.812. The fraction of sp³-hybridized carbons (Fsp3) is 0.429. The van der Waals surface area contributed by atoms with Crippen LogP contribution in [0.5, 0.6) is 5.75 Å². The van der Waals surface area contributed by atoms with E-state index in [-0.39, 0.29) is 12.5 Å². The first-order valence-corrected chi connectivity index (χ1v) is 6.53. The van der Waals surface area contributed by atoms with Crippen LogP contribution < -0.4 is 10.1 Å². The van der Waals surface area contributed by atoms with Crippen molar-refractivity contribution in [3.63, 3.8) is 0 Å². The van der Waals surface area contributed by atoms with Crippen LogP contribution in [0.1, 0.15) is 20.8 Å². The topological polar surface area (TPSA) is 75.6 Å². The van der Waals surface area contributed by atoms with Crippen molar-refractivity contribution in [2.45, 2.75) is 26.9 Å². The largest absolute Gasteiger partial charge is 0.481 e. The zero-order valence-corrected chi connectivity index (χ0v) is 12.4. The molecular formula is C14H18ClNO4. The molecule has 5 nitrogen and oxygen atoms in total. The van der Waals surface area contributed by atoms with Gasteiger partial charge in [-0.1, -0.05) is 11.6 Å². The van der Waals surface area contributed by atoms with Crippen molar-refractivity contribution >= 4 is 23.5 Å². The van der Waals surface area contributed by atoms with Gasteiger partial charge in [-0.15, -0.1) is 0 Å². The molecule has 6 heteroatoms. The molecule has 20 heavy (non-hydrogen) atoms. The van der Waals surface area contributed by atoms with Gasteiger partial charge in [0.2, 0.25) is 0 Å². The van der Waals surface area contributed by atoms with Crippen LogP contribution in [-0.2, 0) is 9.59 Å². The Balaban J connectivity index is 2.51. The number of nitrogens with one attached hydrogen (secondary N) is 1. The molecule has 0 aliphatic rings. The molecule has 0 aromatic heterocycles. The van der Waals surface area contributed by atoms with Crippen molar-refractivity contribution in [1.29, 1.82) is 0 Å². The van der Waals surface area contributed by atoms with Crippen LogP contribution in [0.2, 0.25) is 5.02 Å². The summed E-state index contributed by atoms with van der Waals surface area (Å²) in [6.07, 6.45) is -0.722. The average Bonchev–Trinajstić information content (AvgIpc) is 2.38. The Kier molecular flexibility index (Phi) is 5.39. The molecule has 1 aromatic carbocycles. The molecule has 2 N–H and O–H groups in total. The molecule has 1 rings (SSSR count). The van der Waals surface area contributed by atoms with Crippen LogP contribution in [0.15, 0.2) is 24.3 Å². The van der Waals surface area contributed by atoms with E-state index in [0.29, 0.717) is 10.8 Å². The van der Waals surface area contributed by atoms with Gasteiger partial charge in [-0.25, -0.2) is 0 Å². The minimum atomic E-state index is -1.02. The lowest BCUT2D eigenvalue weighted by Gasteiger charge is -2.21. The Morgan fingerprint density at radius 3 is 2.40 bits per heavy atom. The minimum absolute atomic E-state index is 0.0372. The van der Waals surface area contributed by atoms with E-state index in [1.165, 1.54) is 0 Å². The lowest BCUT2D eigenvalue weighted by molar-refractivity contribution is -0.147. The van der Waals surface area contributed by atoms with Crippen LogP contribution in [0.25, 0.3) is 0 Å². The fourth-order valence-corrected chi connectivity index (χ4v) is 1.42. The summed E-state index contributed by atoms with van der Waals surface area (Å²) < 4.78 is 5.44. The molecule has 0 saturated heterocycles. The van der Waals surface area contributed by atoms with E-state index in [2.05, 4.69) is 5.32 Å². The molecule has 1 unspecified atom stereocenters. The van der Waals surface area contributed by atoms with Gasteiger partial charge in [0.15, 0.2) is 6.10 Å². The van der Waals surface area contributed by atoms with Crippen molar-refractivity contribution in [1.82, 2.24) is 5.32 Å². The molecule has 0 heterocycles. The van der Waals surface area contributed by atoms with Crippen LogP contribution in [0.3, 0.4) is 0 Å². The van der Waals surface area contributed by atoms with Crippen molar-refractivity contribution in [3.8, 4) is 5.75 Å². The second-order valence-corrected chi connectivity index (χ2v) is 5.56. The summed E-state index contributed by atoms with van der Waals surface area (Å²) in [6, 6.07) is 6.64. The smallest absolute Gasteiger partial charge is 0.310 e. The standard InChI is InChI=1S/C14H18ClNO4/c1-9(20-11-6-4-10(15)5-7-11)12(17)16-8-14(2,3)13(18)19/h4-7,9H,8H2,1-3H3,(H,16,17)(H,18,19). The van der Waals surface area contributed by atoms with Gasteiger partial charge in [0, 0.05) is 11.6 Å². The van der Waals surface area contributed by atoms with Gasteiger partial charge in [0.1, 0.15) is 5.75 Å². The Labute approximate surface area is 122 Å². The summed E-state index contributed by atoms with van der Waals surface area (Å²) in [6.45, 7) is 4.72. The van der Waals surface area contributed by atoms with E-state index >= 15 is 0 Å². The summed E-state index contributed by atoms with van der Waals surface area (Å²) in [7, 11) is 0. The number of carbonyl (C=O) groups excluding carboxylic acids is 1. The highest BCUT2D eigenvalue weighted by atomic mass is 35.5. The molecule has 0 saturated carbocycles. The maximum absolute atomic E-state index is 11.8. The molecule has 0 fully saturated rings. The Hall–Kier alpha value is -1.75. The third kappa shape index (κ3) is 4.74. The first kappa shape index (κ1) is 16.3. The van der Waals surface area contributed by atoms with Crippen LogP contribution in [0, 0.1) is 5.41 Å². The van der Waals surface area contributed by atoms with Crippen molar-refractivity contribution in [2.75, 3.05) is 6.54 Å². The Bertz CT molecular complexity index is 484. The van der Waals surface area contributed by atoms with E-state index in [1.54, 1.807) is 45.0 Å². The second-order valence-electron chi connectivity index (χ2n) is 5.12. The number of hydrogen-bond acceptors (Lipinski definition) is 3. The van der Waals surface area contributed by atoms with Gasteiger partial charge in [-0.3, -0.25) is 9.59 Å². The van der Waals surface area contributed by atoms with E-state index in [0.717, 1.165) is 0 Å². The number of halogens is 1. The molecule has 0 aliphatic heterocycles. The average molecular weight is 300 g/mol. The minimum Gasteiger partial charge on any atom is -0.481 e. The molecule has 110 valence electrons. The van der Waals surface area contributed by atoms with Crippen molar-refractivity contribution < 1.29 is 19.4 Å². The van der Waals surface area contributed by atoms with E-state index in [9.17, 15) is 9.59 Å². The molecule has 1 aromatic rings. The maximum atomic E-state index is 11.8. The summed E-state index contributed by atoms with van der Waals surface area (Å²) >= 11 is 5.75. The van der Waals surface area contributed by atoms with Gasteiger partial charge in [-0.05, 0) is 45.0 Å². The highest BCUT2D eigenvalue weighted by Gasteiger charge is 2.28. The number of benzene rings is 1. The highest BCUT2D eigenvalue weighted by molar-refractivity contribution is 6.30. The van der Waals surface area contributed by atoms with Gasteiger partial charge < -0.3 is 15.2 Å². The molecule has 0 aliphatic carbocycles. The predicted octanol–water partition coefficient (Wildman–Crippen LogP) is 2.33. The third-order valence-corrected chi connectivity index (χ3v) is 3.03. The third-order valence-electron chi connectivity index (χ3n) is 2.78. The maximum Gasteiger partial charge on any atom is 0.310 e. The molecule has 0 radical (unpaired) electrons. The van der Waals surface area contributed by atoms with Crippen LogP contribution in [0.4, 0.5) is 0 Å². The lowest BCUT2D eigenvalue weighted by atomic mass is 9.94. The normalized spacial score (nSPS) is 12.6. The molecular weight excluding hydrogens is 282 g/mol. The zero-order chi connectivity index (χ0) is 15.3. The van der Waals surface area contributed by atoms with E-state index in [1.807, 2.05) is 0 Å². The molecule has 0 spiro atoms. The first-order valence-electron chi connectivity index (χ1n) is 6.16. The number of carbonyl (C=O) groups is 2. The summed E-state index contributed by atoms with van der Waals surface area (Å²) in [5.41, 5.74) is -1.02. The van der Waals surface area contributed by atoms with Crippen LogP contribution in [-0.4, -0.2) is 29.6 Å². The number of ether oxygens (including phenoxy) is 1. The lowest BCUT2D eigenvalue weighted by Crippen LogP contribution is -2.43. The monoisotopic (exact) mass is 299 g/mol. The van der Waals surface area contributed by atoms with Gasteiger partial charge in [-0.2, -0.15) is 0 Å². The number of aliphatic carboxylic acids is 1. The fourth-order valence-electron chi connectivity index (χ4n) is 1.30. The number of carboxylic acid groups (broad SMARTS) is 1. The number of amides is 1. The van der Waals surface area contributed by atoms with Crippen molar-refractivity contribution in [2.24, 2.45) is 5.41 Å². The molecule has 0 bridgehead atoms. The Morgan fingerprint density at radius 2 is 1.90 bits per heavy atom. The second kappa shape index (κ2) is 6.61. The Morgan fingerprint density at radius 1 is 1.35 bits per heavy atom. The van der Waals surface area contributed by atoms with Gasteiger partial charge >= 0.3 is 5.97 Å². The number of carboxylic acids is 1. The van der Waals surface area contributed by atoms with Crippen molar-refractivity contribution in [3.05, 3.63) is 29.3 Å². The molecule has 1 amide bonds. The zero-order valence-electron chi connectivity index (χ0n) is 11.6. The predicted molar refractivity (Wildman–Crippen MR) is 76.0 cm³/mol. The number of hydrogen-bond donors (Lipinski definition) is 2. The van der Waals surface area contributed by atoms with E-state index < -0.39 is 17.5 Å². The summed E-state index contributed by atoms with van der Waals surface area (Å²) in [5, 5.41) is 12.1.